The van der Waals surface area contributed by atoms with E-state index in [4.69, 9.17) is 4.74 Å². The van der Waals surface area contributed by atoms with Gasteiger partial charge >= 0.3 is 0 Å². The molecule has 0 amide bonds. The van der Waals surface area contributed by atoms with Crippen LogP contribution in [0.2, 0.25) is 0 Å². The number of hydrogen-bond donors (Lipinski definition) is 0. The van der Waals surface area contributed by atoms with E-state index in [-0.39, 0.29) is 6.54 Å². The van der Waals surface area contributed by atoms with Gasteiger partial charge in [0, 0.05) is 10.0 Å². The molecule has 0 aliphatic rings. The van der Waals surface area contributed by atoms with Gasteiger partial charge in [-0.15, -0.1) is 0 Å². The summed E-state index contributed by atoms with van der Waals surface area (Å²) in [4.78, 5) is 10.2. The Hall–Kier alpha value is -1.16. The van der Waals surface area contributed by atoms with Crippen LogP contribution in [0.1, 0.15) is 5.56 Å². The first kappa shape index (κ1) is 10.9. The Balaban J connectivity index is 2.88. The Kier molecular flexibility index (Phi) is 4.32. The molecule has 0 aliphatic heterocycles. The molecule has 1 rings (SSSR count). The summed E-state index contributed by atoms with van der Waals surface area (Å²) in [7, 11) is 0. The van der Waals surface area contributed by atoms with Crippen LogP contribution in [0.5, 0.6) is 5.75 Å². The van der Waals surface area contributed by atoms with E-state index in [9.17, 15) is 4.91 Å². The van der Waals surface area contributed by atoms with Crippen molar-refractivity contribution in [2.75, 3.05) is 6.61 Å². The van der Waals surface area contributed by atoms with Gasteiger partial charge in [-0.2, -0.15) is 4.91 Å². The lowest BCUT2D eigenvalue weighted by Gasteiger charge is -2.07. The number of benzene rings is 1. The standard InChI is InChI=1S/C10H10BrNO2/c1-2-5-14-10-4-3-9(11)6-8(10)7-12-13/h2-4,6H,1,5,7H2. The Labute approximate surface area is 90.9 Å². The van der Waals surface area contributed by atoms with Crippen LogP contribution in [0.25, 0.3) is 0 Å². The minimum atomic E-state index is 0.117. The molecule has 0 spiro atoms. The van der Waals surface area contributed by atoms with Gasteiger partial charge in [0.1, 0.15) is 18.9 Å². The van der Waals surface area contributed by atoms with Crippen molar-refractivity contribution in [1.29, 1.82) is 0 Å². The molecule has 0 saturated carbocycles. The normalized spacial score (nSPS) is 9.50. The van der Waals surface area contributed by atoms with E-state index >= 15 is 0 Å². The quantitative estimate of drug-likeness (QED) is 0.599. The number of hydrogen-bond acceptors (Lipinski definition) is 3. The predicted octanol–water partition coefficient (Wildman–Crippen LogP) is 3.28. The second kappa shape index (κ2) is 5.54. The lowest BCUT2D eigenvalue weighted by atomic mass is 10.2. The van der Waals surface area contributed by atoms with Crippen LogP contribution >= 0.6 is 15.9 Å². The molecule has 0 radical (unpaired) electrons. The van der Waals surface area contributed by atoms with Gasteiger partial charge in [0.15, 0.2) is 0 Å². The second-order valence-electron chi connectivity index (χ2n) is 2.64. The van der Waals surface area contributed by atoms with Crippen LogP contribution in [0, 0.1) is 4.91 Å². The van der Waals surface area contributed by atoms with Gasteiger partial charge in [0.25, 0.3) is 0 Å². The van der Waals surface area contributed by atoms with Crippen molar-refractivity contribution in [3.63, 3.8) is 0 Å². The lowest BCUT2D eigenvalue weighted by molar-refractivity contribution is 0.359. The minimum Gasteiger partial charge on any atom is -0.489 e. The van der Waals surface area contributed by atoms with Crippen LogP contribution in [0.3, 0.4) is 0 Å². The highest BCUT2D eigenvalue weighted by atomic mass is 79.9. The van der Waals surface area contributed by atoms with Gasteiger partial charge in [-0.05, 0) is 18.2 Å². The fraction of sp³-hybridized carbons (Fsp3) is 0.200. The number of rotatable bonds is 5. The maximum absolute atomic E-state index is 10.2. The summed E-state index contributed by atoms with van der Waals surface area (Å²) in [5, 5.41) is 2.84. The van der Waals surface area contributed by atoms with E-state index in [1.807, 2.05) is 12.1 Å². The Morgan fingerprint density at radius 3 is 3.00 bits per heavy atom. The zero-order valence-electron chi connectivity index (χ0n) is 7.57. The number of nitroso groups, excluding NO2 is 1. The molecule has 0 N–H and O–H groups in total. The van der Waals surface area contributed by atoms with Crippen LogP contribution in [0.4, 0.5) is 0 Å². The molecule has 0 atom stereocenters. The summed E-state index contributed by atoms with van der Waals surface area (Å²) >= 11 is 3.32. The fourth-order valence-electron chi connectivity index (χ4n) is 1.03. The molecule has 0 unspecified atom stereocenters. The molecule has 0 heterocycles. The average molecular weight is 256 g/mol. The van der Waals surface area contributed by atoms with Crippen LogP contribution < -0.4 is 4.74 Å². The first-order valence-electron chi connectivity index (χ1n) is 4.09. The maximum Gasteiger partial charge on any atom is 0.125 e. The van der Waals surface area contributed by atoms with E-state index < -0.39 is 0 Å². The Morgan fingerprint density at radius 1 is 1.57 bits per heavy atom. The van der Waals surface area contributed by atoms with Gasteiger partial charge < -0.3 is 4.74 Å². The molecule has 4 heteroatoms. The van der Waals surface area contributed by atoms with E-state index in [0.29, 0.717) is 12.4 Å². The van der Waals surface area contributed by atoms with Crippen molar-refractivity contribution in [3.05, 3.63) is 45.8 Å². The molecule has 1 aromatic rings. The Morgan fingerprint density at radius 2 is 2.36 bits per heavy atom. The summed E-state index contributed by atoms with van der Waals surface area (Å²) in [5.41, 5.74) is 0.774. The summed E-state index contributed by atoms with van der Waals surface area (Å²) in [6.45, 7) is 4.09. The zero-order chi connectivity index (χ0) is 10.4. The summed E-state index contributed by atoms with van der Waals surface area (Å²) < 4.78 is 6.26. The molecule has 14 heavy (non-hydrogen) atoms. The third-order valence-corrected chi connectivity index (χ3v) is 2.11. The third-order valence-electron chi connectivity index (χ3n) is 1.61. The maximum atomic E-state index is 10.2. The van der Waals surface area contributed by atoms with E-state index in [2.05, 4.69) is 27.7 Å². The van der Waals surface area contributed by atoms with Crippen molar-refractivity contribution < 1.29 is 4.74 Å². The first-order chi connectivity index (χ1) is 6.77. The first-order valence-corrected chi connectivity index (χ1v) is 4.88. The van der Waals surface area contributed by atoms with Crippen molar-refractivity contribution in [1.82, 2.24) is 0 Å². The van der Waals surface area contributed by atoms with Crippen molar-refractivity contribution in [2.45, 2.75) is 6.54 Å². The van der Waals surface area contributed by atoms with Gasteiger partial charge in [-0.1, -0.05) is 33.8 Å². The number of ether oxygens (including phenoxy) is 1. The highest BCUT2D eigenvalue weighted by Crippen LogP contribution is 2.23. The molecule has 0 fully saturated rings. The smallest absolute Gasteiger partial charge is 0.125 e. The summed E-state index contributed by atoms with van der Waals surface area (Å²) in [6, 6.07) is 5.47. The highest BCUT2D eigenvalue weighted by molar-refractivity contribution is 9.10. The molecular weight excluding hydrogens is 246 g/mol. The van der Waals surface area contributed by atoms with Gasteiger partial charge in [0.05, 0.1) is 0 Å². The summed E-state index contributed by atoms with van der Waals surface area (Å²) in [5.74, 6) is 0.674. The third kappa shape index (κ3) is 2.96. The van der Waals surface area contributed by atoms with E-state index in [1.165, 1.54) is 0 Å². The monoisotopic (exact) mass is 255 g/mol. The molecule has 74 valence electrons. The molecular formula is C10H10BrNO2. The van der Waals surface area contributed by atoms with Gasteiger partial charge in [-0.25, -0.2) is 0 Å². The minimum absolute atomic E-state index is 0.117. The zero-order valence-corrected chi connectivity index (χ0v) is 9.16. The molecule has 0 aromatic heterocycles. The van der Waals surface area contributed by atoms with Crippen molar-refractivity contribution in [2.24, 2.45) is 5.18 Å². The largest absolute Gasteiger partial charge is 0.489 e. The number of nitrogens with zero attached hydrogens (tertiary/aromatic N) is 1. The van der Waals surface area contributed by atoms with Crippen molar-refractivity contribution in [3.8, 4) is 5.75 Å². The van der Waals surface area contributed by atoms with Crippen LogP contribution in [-0.4, -0.2) is 6.61 Å². The molecule has 1 aromatic carbocycles. The van der Waals surface area contributed by atoms with Crippen LogP contribution in [0.15, 0.2) is 40.5 Å². The SMILES string of the molecule is C=CCOc1ccc(Br)cc1CN=O. The van der Waals surface area contributed by atoms with Crippen LogP contribution in [-0.2, 0) is 6.54 Å². The topological polar surface area (TPSA) is 38.7 Å². The summed E-state index contributed by atoms with van der Waals surface area (Å²) in [6.07, 6.45) is 1.65. The predicted molar refractivity (Wildman–Crippen MR) is 59.3 cm³/mol. The van der Waals surface area contributed by atoms with E-state index in [1.54, 1.807) is 12.1 Å². The molecule has 3 nitrogen and oxygen atoms in total. The van der Waals surface area contributed by atoms with E-state index in [0.717, 1.165) is 10.0 Å². The number of halogens is 1. The average Bonchev–Trinajstić information content (AvgIpc) is 2.17. The second-order valence-corrected chi connectivity index (χ2v) is 3.55. The molecule has 0 saturated heterocycles. The Bertz CT molecular complexity index is 339. The lowest BCUT2D eigenvalue weighted by Crippen LogP contribution is -1.96. The van der Waals surface area contributed by atoms with Gasteiger partial charge in [-0.3, -0.25) is 0 Å². The fourth-order valence-corrected chi connectivity index (χ4v) is 1.44. The molecule has 0 aliphatic carbocycles. The highest BCUT2D eigenvalue weighted by Gasteiger charge is 2.03. The van der Waals surface area contributed by atoms with Crippen molar-refractivity contribution >= 4 is 15.9 Å². The molecule has 0 bridgehead atoms. The van der Waals surface area contributed by atoms with Gasteiger partial charge in [0.2, 0.25) is 0 Å².